The summed E-state index contributed by atoms with van der Waals surface area (Å²) in [6.07, 6.45) is 1.46. The number of aromatic nitrogens is 3. The zero-order valence-electron chi connectivity index (χ0n) is 19.4. The summed E-state index contributed by atoms with van der Waals surface area (Å²) in [6.45, 7) is 2.25. The number of thioether (sulfide) groups is 1. The van der Waals surface area contributed by atoms with E-state index >= 15 is 0 Å². The molecular formula is C27H24N4O3S. The van der Waals surface area contributed by atoms with Gasteiger partial charge in [-0.25, -0.2) is 9.88 Å². The molecule has 1 atom stereocenters. The Hall–Kier alpha value is -3.91. The highest BCUT2D eigenvalue weighted by Crippen LogP contribution is 2.41. The number of fused-ring (bicyclic) bond motifs is 3. The van der Waals surface area contributed by atoms with E-state index in [9.17, 15) is 9.90 Å². The van der Waals surface area contributed by atoms with Crippen LogP contribution in [0.15, 0.2) is 84.0 Å². The molecule has 1 aliphatic rings. The molecule has 176 valence electrons. The molecule has 35 heavy (non-hydrogen) atoms. The van der Waals surface area contributed by atoms with E-state index in [0.717, 1.165) is 11.1 Å². The Labute approximate surface area is 208 Å². The quantitative estimate of drug-likeness (QED) is 0.303. The fourth-order valence-electron chi connectivity index (χ4n) is 4.27. The van der Waals surface area contributed by atoms with E-state index in [1.165, 1.54) is 11.8 Å². The minimum absolute atomic E-state index is 0.0760. The molecule has 4 aromatic rings. The van der Waals surface area contributed by atoms with Crippen molar-refractivity contribution in [2.45, 2.75) is 31.3 Å². The highest BCUT2D eigenvalue weighted by Gasteiger charge is 2.44. The number of ether oxygens (including phenoxy) is 1. The third-order valence-electron chi connectivity index (χ3n) is 5.88. The maximum Gasteiger partial charge on any atom is 0.293 e. The fraction of sp³-hybridized carbons (Fsp3) is 0.185. The van der Waals surface area contributed by atoms with E-state index in [4.69, 9.17) is 4.74 Å². The van der Waals surface area contributed by atoms with E-state index in [1.54, 1.807) is 9.58 Å². The molecule has 0 bridgehead atoms. The highest BCUT2D eigenvalue weighted by molar-refractivity contribution is 7.98. The van der Waals surface area contributed by atoms with Gasteiger partial charge in [-0.15, -0.1) is 0 Å². The van der Waals surface area contributed by atoms with Crippen LogP contribution in [0.4, 0.5) is 5.69 Å². The SMILES string of the molecule is CCC(=O)N1c2ccccc2-c2c([O-])nc(SC)n[n+]2C1c1cccc(OCc2ccccc2)c1. The van der Waals surface area contributed by atoms with Crippen molar-refractivity contribution in [2.24, 2.45) is 0 Å². The molecule has 1 unspecified atom stereocenters. The molecule has 0 spiro atoms. The molecule has 1 aliphatic heterocycles. The smallest absolute Gasteiger partial charge is 0.293 e. The maximum atomic E-state index is 13.3. The molecule has 0 saturated heterocycles. The van der Waals surface area contributed by atoms with Crippen molar-refractivity contribution < 1.29 is 19.3 Å². The van der Waals surface area contributed by atoms with E-state index in [0.29, 0.717) is 40.9 Å². The summed E-state index contributed by atoms with van der Waals surface area (Å²) in [7, 11) is 0. The van der Waals surface area contributed by atoms with Crippen molar-refractivity contribution >= 4 is 23.4 Å². The minimum atomic E-state index is -0.658. The third-order valence-corrected chi connectivity index (χ3v) is 6.41. The molecule has 7 nitrogen and oxygen atoms in total. The van der Waals surface area contributed by atoms with Crippen LogP contribution in [0.1, 0.15) is 30.6 Å². The Morgan fingerprint density at radius 2 is 1.86 bits per heavy atom. The van der Waals surface area contributed by atoms with E-state index < -0.39 is 6.17 Å². The monoisotopic (exact) mass is 484 g/mol. The van der Waals surface area contributed by atoms with Gasteiger partial charge in [-0.3, -0.25) is 4.79 Å². The van der Waals surface area contributed by atoms with Gasteiger partial charge >= 0.3 is 0 Å². The molecular weight excluding hydrogens is 460 g/mol. The molecule has 5 rings (SSSR count). The predicted molar refractivity (Wildman–Crippen MR) is 132 cm³/mol. The number of amides is 1. The number of hydrogen-bond acceptors (Lipinski definition) is 6. The van der Waals surface area contributed by atoms with Gasteiger partial charge in [0.05, 0.1) is 17.1 Å². The lowest BCUT2D eigenvalue weighted by atomic mass is 10.0. The minimum Gasteiger partial charge on any atom is -0.854 e. The van der Waals surface area contributed by atoms with Gasteiger partial charge < -0.3 is 9.84 Å². The number of benzene rings is 3. The zero-order chi connectivity index (χ0) is 24.4. The average molecular weight is 485 g/mol. The summed E-state index contributed by atoms with van der Waals surface area (Å²) in [5, 5.41) is 18.2. The normalized spacial score (nSPS) is 14.2. The lowest BCUT2D eigenvalue weighted by Crippen LogP contribution is -2.59. The van der Waals surface area contributed by atoms with Crippen LogP contribution < -0.4 is 19.4 Å². The summed E-state index contributed by atoms with van der Waals surface area (Å²) in [4.78, 5) is 19.2. The van der Waals surface area contributed by atoms with Crippen LogP contribution in [0.25, 0.3) is 11.3 Å². The largest absolute Gasteiger partial charge is 0.854 e. The fourth-order valence-corrected chi connectivity index (χ4v) is 4.61. The summed E-state index contributed by atoms with van der Waals surface area (Å²) >= 11 is 1.29. The van der Waals surface area contributed by atoms with Crippen LogP contribution in [0, 0.1) is 0 Å². The maximum absolute atomic E-state index is 13.3. The zero-order valence-corrected chi connectivity index (χ0v) is 20.2. The molecule has 8 heteroatoms. The van der Waals surface area contributed by atoms with Crippen LogP contribution in [0.3, 0.4) is 0 Å². The van der Waals surface area contributed by atoms with Gasteiger partial charge in [0.15, 0.2) is 0 Å². The number of anilines is 1. The van der Waals surface area contributed by atoms with Gasteiger partial charge in [-0.05, 0) is 42.2 Å². The standard InChI is InChI=1S/C27H24N4O3S/c1-3-23(32)30-22-15-8-7-14-21(22)24-25(33)28-27(35-2)29-31(24)26(30)19-12-9-13-20(16-19)34-17-18-10-5-4-6-11-18/h4-16,26H,3,17H2,1-2H3. The van der Waals surface area contributed by atoms with Crippen molar-refractivity contribution in [1.29, 1.82) is 0 Å². The van der Waals surface area contributed by atoms with E-state index in [1.807, 2.05) is 92.0 Å². The predicted octanol–water partition coefficient (Wildman–Crippen LogP) is 4.11. The van der Waals surface area contributed by atoms with Crippen LogP contribution in [0.5, 0.6) is 11.6 Å². The number of hydrogen-bond donors (Lipinski definition) is 0. The Morgan fingerprint density at radius 3 is 2.63 bits per heavy atom. The highest BCUT2D eigenvalue weighted by atomic mass is 32.2. The molecule has 0 saturated carbocycles. The molecule has 1 aromatic heterocycles. The number of rotatable bonds is 6. The van der Waals surface area contributed by atoms with Crippen LogP contribution in [-0.2, 0) is 11.4 Å². The van der Waals surface area contributed by atoms with Crippen LogP contribution in [-0.4, -0.2) is 22.2 Å². The molecule has 0 N–H and O–H groups in total. The first-order valence-corrected chi connectivity index (χ1v) is 12.6. The van der Waals surface area contributed by atoms with Gasteiger partial charge in [0.25, 0.3) is 17.0 Å². The number of para-hydroxylation sites is 1. The number of nitrogens with zero attached hydrogens (tertiary/aromatic N) is 4. The summed E-state index contributed by atoms with van der Waals surface area (Å²) in [6, 6.07) is 24.9. The van der Waals surface area contributed by atoms with E-state index in [-0.39, 0.29) is 11.8 Å². The van der Waals surface area contributed by atoms with E-state index in [2.05, 4.69) is 10.1 Å². The van der Waals surface area contributed by atoms with Crippen molar-refractivity contribution in [3.05, 3.63) is 90.0 Å². The van der Waals surface area contributed by atoms with Gasteiger partial charge in [0, 0.05) is 17.1 Å². The molecule has 0 fully saturated rings. The lowest BCUT2D eigenvalue weighted by Gasteiger charge is -2.33. The summed E-state index contributed by atoms with van der Waals surface area (Å²) < 4.78 is 7.69. The molecule has 0 radical (unpaired) electrons. The molecule has 1 amide bonds. The third kappa shape index (κ3) is 4.33. The summed E-state index contributed by atoms with van der Waals surface area (Å²) in [5.41, 5.74) is 3.50. The summed E-state index contributed by atoms with van der Waals surface area (Å²) in [5.74, 6) is 0.215. The van der Waals surface area contributed by atoms with Crippen molar-refractivity contribution in [3.63, 3.8) is 0 Å². The first kappa shape index (κ1) is 22.9. The van der Waals surface area contributed by atoms with Gasteiger partial charge in [-0.1, -0.05) is 71.9 Å². The van der Waals surface area contributed by atoms with Gasteiger partial charge in [-0.2, -0.15) is 0 Å². The second-order valence-corrected chi connectivity index (χ2v) is 8.83. The topological polar surface area (TPSA) is 82.3 Å². The second-order valence-electron chi connectivity index (χ2n) is 8.05. The first-order valence-electron chi connectivity index (χ1n) is 11.3. The van der Waals surface area contributed by atoms with Crippen LogP contribution >= 0.6 is 11.8 Å². The van der Waals surface area contributed by atoms with Crippen molar-refractivity contribution in [2.75, 3.05) is 11.2 Å². The Kier molecular flexibility index (Phi) is 6.37. The van der Waals surface area contributed by atoms with Crippen molar-refractivity contribution in [3.8, 4) is 22.9 Å². The average Bonchev–Trinajstić information content (AvgIpc) is 2.91. The van der Waals surface area contributed by atoms with Crippen molar-refractivity contribution in [1.82, 2.24) is 10.1 Å². The Morgan fingerprint density at radius 1 is 1.09 bits per heavy atom. The Balaban J connectivity index is 1.64. The molecule has 3 aromatic carbocycles. The van der Waals surface area contributed by atoms with Crippen LogP contribution in [0.2, 0.25) is 0 Å². The first-order chi connectivity index (χ1) is 17.1. The van der Waals surface area contributed by atoms with Gasteiger partial charge in [0.1, 0.15) is 12.4 Å². The number of carbonyl (C=O) groups is 1. The lowest BCUT2D eigenvalue weighted by molar-refractivity contribution is -0.764. The second kappa shape index (κ2) is 9.76. The van der Waals surface area contributed by atoms with Gasteiger partial charge in [0.2, 0.25) is 5.91 Å². The molecule has 0 aliphatic carbocycles. The Bertz CT molecular complexity index is 1380. The number of carbonyl (C=O) groups excluding carboxylic acids is 1. The molecule has 2 heterocycles.